The Morgan fingerprint density at radius 2 is 1.97 bits per heavy atom. The van der Waals surface area contributed by atoms with Crippen molar-refractivity contribution in [1.82, 2.24) is 10.3 Å². The molecule has 7 nitrogen and oxygen atoms in total. The fourth-order valence-corrected chi connectivity index (χ4v) is 4.28. The molecule has 1 heterocycles. The summed E-state index contributed by atoms with van der Waals surface area (Å²) in [6.45, 7) is 4.70. The molecule has 0 spiro atoms. The summed E-state index contributed by atoms with van der Waals surface area (Å²) in [4.78, 5) is 14.9. The predicted octanol–water partition coefficient (Wildman–Crippen LogP) is 2.88. The number of carbonyl (C=O) groups is 1. The first-order chi connectivity index (χ1) is 15.3. The first kappa shape index (κ1) is 23.7. The van der Waals surface area contributed by atoms with Crippen molar-refractivity contribution < 1.29 is 19.7 Å². The number of hydrogen-bond acceptors (Lipinski definition) is 6. The third-order valence-corrected chi connectivity index (χ3v) is 5.80. The van der Waals surface area contributed by atoms with Crippen molar-refractivity contribution in [2.45, 2.75) is 57.6 Å². The van der Waals surface area contributed by atoms with Crippen molar-refractivity contribution in [3.63, 3.8) is 0 Å². The number of nitriles is 1. The third kappa shape index (κ3) is 6.78. The van der Waals surface area contributed by atoms with Gasteiger partial charge < -0.3 is 20.3 Å². The van der Waals surface area contributed by atoms with E-state index in [1.807, 2.05) is 6.07 Å². The van der Waals surface area contributed by atoms with Gasteiger partial charge in [0.2, 0.25) is 0 Å². The molecule has 0 saturated carbocycles. The number of nitrogens with zero attached hydrogens (tertiary/aromatic N) is 2. The fourth-order valence-electron chi connectivity index (χ4n) is 4.28. The average Bonchev–Trinajstić information content (AvgIpc) is 3.16. The molecule has 1 aliphatic rings. The van der Waals surface area contributed by atoms with Gasteiger partial charge in [0, 0.05) is 24.2 Å². The van der Waals surface area contributed by atoms with Crippen LogP contribution < -0.4 is 10.1 Å². The Bertz CT molecular complexity index is 958. The Hall–Kier alpha value is -2.95. The highest BCUT2D eigenvalue weighted by Crippen LogP contribution is 2.31. The maximum Gasteiger partial charge on any atom is 0.303 e. The van der Waals surface area contributed by atoms with Crippen molar-refractivity contribution in [2.75, 3.05) is 13.2 Å². The van der Waals surface area contributed by atoms with E-state index in [2.05, 4.69) is 48.4 Å². The summed E-state index contributed by atoms with van der Waals surface area (Å²) in [5, 5.41) is 31.9. The molecule has 0 bridgehead atoms. The van der Waals surface area contributed by atoms with Gasteiger partial charge in [-0.15, -0.1) is 0 Å². The van der Waals surface area contributed by atoms with Crippen LogP contribution in [-0.4, -0.2) is 46.0 Å². The Morgan fingerprint density at radius 3 is 2.59 bits per heavy atom. The zero-order chi connectivity index (χ0) is 23.1. The van der Waals surface area contributed by atoms with Crippen LogP contribution in [0.2, 0.25) is 0 Å². The van der Waals surface area contributed by atoms with Crippen molar-refractivity contribution in [2.24, 2.45) is 5.92 Å². The maximum absolute atomic E-state index is 10.7. The number of ether oxygens (including phenoxy) is 1. The van der Waals surface area contributed by atoms with Crippen molar-refractivity contribution in [1.29, 1.82) is 5.26 Å². The van der Waals surface area contributed by atoms with Crippen LogP contribution in [0, 0.1) is 17.2 Å². The predicted molar refractivity (Wildman–Crippen MR) is 120 cm³/mol. The maximum atomic E-state index is 10.7. The molecule has 0 amide bonds. The molecule has 0 radical (unpaired) electrons. The highest BCUT2D eigenvalue weighted by Gasteiger charge is 2.28. The molecule has 0 saturated heterocycles. The smallest absolute Gasteiger partial charge is 0.303 e. The van der Waals surface area contributed by atoms with Crippen molar-refractivity contribution >= 4 is 5.97 Å². The van der Waals surface area contributed by atoms with Gasteiger partial charge in [0.25, 0.3) is 0 Å². The van der Waals surface area contributed by atoms with Crippen LogP contribution in [0.15, 0.2) is 36.4 Å². The van der Waals surface area contributed by atoms with E-state index >= 15 is 0 Å². The molecular formula is C25H31N3O4. The van der Waals surface area contributed by atoms with Gasteiger partial charge in [0.15, 0.2) is 11.4 Å². The van der Waals surface area contributed by atoms with Gasteiger partial charge in [-0.25, -0.2) is 4.98 Å². The number of aliphatic carboxylic acids is 1. The fraction of sp³-hybridized carbons (Fsp3) is 0.480. The van der Waals surface area contributed by atoms with E-state index in [4.69, 9.17) is 9.84 Å². The van der Waals surface area contributed by atoms with Gasteiger partial charge in [-0.2, -0.15) is 5.26 Å². The van der Waals surface area contributed by atoms with E-state index in [-0.39, 0.29) is 36.4 Å². The Morgan fingerprint density at radius 1 is 1.28 bits per heavy atom. The van der Waals surface area contributed by atoms with Crippen LogP contribution in [0.3, 0.4) is 0 Å². The van der Waals surface area contributed by atoms with E-state index in [0.29, 0.717) is 18.2 Å². The first-order valence-corrected chi connectivity index (χ1v) is 11.0. The van der Waals surface area contributed by atoms with E-state index in [1.165, 1.54) is 11.1 Å². The second-order valence-corrected chi connectivity index (χ2v) is 9.13. The summed E-state index contributed by atoms with van der Waals surface area (Å²) < 4.78 is 5.62. The lowest BCUT2D eigenvalue weighted by atomic mass is 9.88. The number of aliphatic hydroxyl groups excluding tert-OH is 1. The lowest BCUT2D eigenvalue weighted by Crippen LogP contribution is -2.46. The number of fused-ring (bicyclic) bond motifs is 1. The summed E-state index contributed by atoms with van der Waals surface area (Å²) in [5.41, 5.74) is 3.37. The molecule has 3 N–H and O–H groups in total. The lowest BCUT2D eigenvalue weighted by Gasteiger charge is -2.30. The molecule has 2 aromatic rings. The normalized spacial score (nSPS) is 14.6. The van der Waals surface area contributed by atoms with Gasteiger partial charge >= 0.3 is 5.97 Å². The van der Waals surface area contributed by atoms with Crippen LogP contribution in [0.25, 0.3) is 0 Å². The summed E-state index contributed by atoms with van der Waals surface area (Å²) in [5.74, 6) is -0.0394. The molecular weight excluding hydrogens is 406 g/mol. The molecule has 1 aliphatic carbocycles. The number of hydrogen-bond donors (Lipinski definition) is 3. The number of β-amino-alcohol motifs (C(OH)–C–C–N with tert-alkyl or cyclic N) is 1. The number of aryl methyl sites for hydroxylation is 1. The number of carboxylic acid groups (broad SMARTS) is 1. The van der Waals surface area contributed by atoms with Gasteiger partial charge in [-0.1, -0.05) is 24.3 Å². The largest absolute Gasteiger partial charge is 0.488 e. The van der Waals surface area contributed by atoms with Crippen LogP contribution in [0.5, 0.6) is 5.75 Å². The van der Waals surface area contributed by atoms with E-state index in [9.17, 15) is 15.2 Å². The van der Waals surface area contributed by atoms with Gasteiger partial charge in [0.1, 0.15) is 18.8 Å². The number of nitrogens with one attached hydrogen (secondary N) is 1. The standard InChI is InChI=1S/C25H31N3O4/c1-25(2,13-17-11-18-5-3-4-6-19(18)12-17)27-15-21(29)16-32-23-9-7-20(8-10-24(30)31)28-22(23)14-26/h3-7,9,17,21,27,29H,8,10-13,15-16H2,1-2H3,(H,30,31)/t21-/m0/s1. The van der Waals surface area contributed by atoms with E-state index in [0.717, 1.165) is 19.3 Å². The highest BCUT2D eigenvalue weighted by molar-refractivity contribution is 5.67. The van der Waals surface area contributed by atoms with Crippen LogP contribution in [0.1, 0.15) is 49.2 Å². The SMILES string of the molecule is CC(C)(CC1Cc2ccccc2C1)NC[C@H](O)COc1ccc(CCC(=O)O)nc1C#N. The van der Waals surface area contributed by atoms with Gasteiger partial charge in [-0.3, -0.25) is 4.79 Å². The number of rotatable bonds is 11. The molecule has 1 aromatic heterocycles. The summed E-state index contributed by atoms with van der Waals surface area (Å²) in [6, 6.07) is 13.8. The molecule has 170 valence electrons. The lowest BCUT2D eigenvalue weighted by molar-refractivity contribution is -0.136. The molecule has 1 atom stereocenters. The molecule has 3 rings (SSSR count). The number of pyridine rings is 1. The monoisotopic (exact) mass is 437 g/mol. The van der Waals surface area contributed by atoms with E-state index < -0.39 is 12.1 Å². The summed E-state index contributed by atoms with van der Waals surface area (Å²) >= 11 is 0. The minimum Gasteiger partial charge on any atom is -0.488 e. The number of benzene rings is 1. The molecule has 1 aromatic carbocycles. The molecule has 0 aliphatic heterocycles. The Balaban J connectivity index is 1.45. The zero-order valence-electron chi connectivity index (χ0n) is 18.7. The average molecular weight is 438 g/mol. The quantitative estimate of drug-likeness (QED) is 0.495. The van der Waals surface area contributed by atoms with Gasteiger partial charge in [-0.05, 0) is 62.3 Å². The highest BCUT2D eigenvalue weighted by atomic mass is 16.5. The molecule has 0 fully saturated rings. The minimum absolute atomic E-state index is 0.0305. The molecule has 32 heavy (non-hydrogen) atoms. The number of aliphatic hydroxyl groups is 1. The molecule has 0 unspecified atom stereocenters. The van der Waals surface area contributed by atoms with Crippen LogP contribution in [0.4, 0.5) is 0 Å². The minimum atomic E-state index is -0.915. The second kappa shape index (κ2) is 10.6. The van der Waals surface area contributed by atoms with Crippen LogP contribution in [-0.2, 0) is 24.1 Å². The second-order valence-electron chi connectivity index (χ2n) is 9.13. The zero-order valence-corrected chi connectivity index (χ0v) is 18.7. The number of aromatic nitrogens is 1. The van der Waals surface area contributed by atoms with Crippen LogP contribution >= 0.6 is 0 Å². The number of carboxylic acids is 1. The first-order valence-electron chi connectivity index (χ1n) is 11.0. The Labute approximate surface area is 189 Å². The summed E-state index contributed by atoms with van der Waals surface area (Å²) in [7, 11) is 0. The summed E-state index contributed by atoms with van der Waals surface area (Å²) in [6.07, 6.45) is 2.66. The third-order valence-electron chi connectivity index (χ3n) is 5.80. The van der Waals surface area contributed by atoms with E-state index in [1.54, 1.807) is 12.1 Å². The van der Waals surface area contributed by atoms with Gasteiger partial charge in [0.05, 0.1) is 6.42 Å². The van der Waals surface area contributed by atoms with Crippen molar-refractivity contribution in [3.05, 3.63) is 58.9 Å². The van der Waals surface area contributed by atoms with Crippen molar-refractivity contribution in [3.8, 4) is 11.8 Å². The molecule has 7 heteroatoms. The Kier molecular flexibility index (Phi) is 7.84. The topological polar surface area (TPSA) is 115 Å².